The second-order valence-corrected chi connectivity index (χ2v) is 9.00. The Morgan fingerprint density at radius 3 is 2.41 bits per heavy atom. The van der Waals surface area contributed by atoms with Crippen LogP contribution in [0.25, 0.3) is 17.0 Å². The zero-order valence-electron chi connectivity index (χ0n) is 21.6. The zero-order valence-corrected chi connectivity index (χ0v) is 21.6. The van der Waals surface area contributed by atoms with Crippen molar-refractivity contribution in [3.8, 4) is 23.2 Å². The van der Waals surface area contributed by atoms with E-state index in [0.29, 0.717) is 47.2 Å². The topological polar surface area (TPSA) is 128 Å². The fourth-order valence-electron chi connectivity index (χ4n) is 4.95. The molecule has 2 unspecified atom stereocenters. The maximum absolute atomic E-state index is 10.9. The van der Waals surface area contributed by atoms with Gasteiger partial charge in [0.25, 0.3) is 0 Å². The summed E-state index contributed by atoms with van der Waals surface area (Å²) < 4.78 is 18.2. The van der Waals surface area contributed by atoms with Gasteiger partial charge in [-0.2, -0.15) is 4.98 Å². The number of aromatic nitrogens is 5. The number of aliphatic hydroxyl groups is 1. The largest absolute Gasteiger partial charge is 0.493 e. The molecule has 0 fully saturated rings. The molecule has 0 saturated heterocycles. The van der Waals surface area contributed by atoms with Gasteiger partial charge in [0.05, 0.1) is 44.5 Å². The zero-order chi connectivity index (χ0) is 26.9. The van der Waals surface area contributed by atoms with Crippen molar-refractivity contribution in [3.05, 3.63) is 78.1 Å². The van der Waals surface area contributed by atoms with Gasteiger partial charge in [0.1, 0.15) is 6.33 Å². The van der Waals surface area contributed by atoms with Crippen molar-refractivity contribution in [2.24, 2.45) is 0 Å². The summed E-state index contributed by atoms with van der Waals surface area (Å²) in [5.74, 6) is 2.66. The van der Waals surface area contributed by atoms with Crippen molar-refractivity contribution >= 4 is 28.6 Å². The van der Waals surface area contributed by atoms with E-state index in [-0.39, 0.29) is 6.04 Å². The molecule has 3 aromatic carbocycles. The lowest BCUT2D eigenvalue weighted by molar-refractivity contribution is 0.165. The summed E-state index contributed by atoms with van der Waals surface area (Å²) in [6.07, 6.45) is 1.41. The minimum atomic E-state index is -0.591. The van der Waals surface area contributed by atoms with E-state index in [4.69, 9.17) is 19.2 Å². The number of anilines is 3. The third-order valence-electron chi connectivity index (χ3n) is 6.73. The molecule has 11 nitrogen and oxygen atoms in total. The van der Waals surface area contributed by atoms with E-state index >= 15 is 0 Å². The molecule has 3 N–H and O–H groups in total. The molecule has 1 aliphatic carbocycles. The Balaban J connectivity index is 1.39. The van der Waals surface area contributed by atoms with E-state index < -0.39 is 6.10 Å². The first-order chi connectivity index (χ1) is 19.1. The molecule has 1 aliphatic rings. The summed E-state index contributed by atoms with van der Waals surface area (Å²) in [5, 5.41) is 17.5. The van der Waals surface area contributed by atoms with Gasteiger partial charge >= 0.3 is 0 Å². The molecule has 2 atom stereocenters. The standard InChI is InChI=1S/C28H27N7O4/c1-37-22-13-17(14-23(38-2)25(22)39-3)31-26-29-15-30-27(34-26)35-20-11-7-6-10-19(20)32-28(35)33-24-18-9-5-4-8-16(18)12-21(24)36/h4-11,13-15,21,24,36H,12H2,1-3H3,(H,32,33)(H,29,30,31,34). The van der Waals surface area contributed by atoms with Gasteiger partial charge in [-0.05, 0) is 23.3 Å². The highest BCUT2D eigenvalue weighted by atomic mass is 16.5. The highest BCUT2D eigenvalue weighted by Gasteiger charge is 2.32. The number of hydrogen-bond donors (Lipinski definition) is 3. The summed E-state index contributed by atoms with van der Waals surface area (Å²) >= 11 is 0. The molecule has 198 valence electrons. The predicted octanol–water partition coefficient (Wildman–Crippen LogP) is 4.05. The molecule has 2 heterocycles. The molecule has 5 aromatic rings. The predicted molar refractivity (Wildman–Crippen MR) is 146 cm³/mol. The number of imidazole rings is 1. The van der Waals surface area contributed by atoms with Gasteiger partial charge in [0.15, 0.2) is 11.5 Å². The Bertz CT molecular complexity index is 1630. The molecule has 0 bridgehead atoms. The normalized spacial score (nSPS) is 16.1. The van der Waals surface area contributed by atoms with E-state index in [9.17, 15) is 5.11 Å². The molecule has 0 aliphatic heterocycles. The second kappa shape index (κ2) is 10.1. The number of fused-ring (bicyclic) bond motifs is 2. The third-order valence-corrected chi connectivity index (χ3v) is 6.73. The molecule has 0 saturated carbocycles. The number of hydrogen-bond acceptors (Lipinski definition) is 10. The number of aliphatic hydroxyl groups excluding tert-OH is 1. The van der Waals surface area contributed by atoms with Crippen LogP contribution >= 0.6 is 0 Å². The maximum atomic E-state index is 10.9. The number of methoxy groups -OCH3 is 3. The van der Waals surface area contributed by atoms with E-state index in [2.05, 4.69) is 25.6 Å². The average molecular weight is 526 g/mol. The third kappa shape index (κ3) is 4.42. The van der Waals surface area contributed by atoms with Gasteiger partial charge in [-0.15, -0.1) is 0 Å². The van der Waals surface area contributed by atoms with Crippen LogP contribution in [0.5, 0.6) is 17.2 Å². The van der Waals surface area contributed by atoms with Gasteiger partial charge in [0.2, 0.25) is 23.6 Å². The Morgan fingerprint density at radius 1 is 0.897 bits per heavy atom. The number of para-hydroxylation sites is 2. The Morgan fingerprint density at radius 2 is 1.64 bits per heavy atom. The number of ether oxygens (including phenoxy) is 3. The van der Waals surface area contributed by atoms with E-state index in [1.165, 1.54) is 6.33 Å². The van der Waals surface area contributed by atoms with E-state index in [0.717, 1.165) is 22.2 Å². The molecular formula is C28H27N7O4. The summed E-state index contributed by atoms with van der Waals surface area (Å²) in [5.41, 5.74) is 4.37. The fraction of sp³-hybridized carbons (Fsp3) is 0.214. The van der Waals surface area contributed by atoms with Crippen LogP contribution < -0.4 is 24.8 Å². The van der Waals surface area contributed by atoms with Gasteiger partial charge < -0.3 is 30.0 Å². The quantitative estimate of drug-likeness (QED) is 0.273. The minimum absolute atomic E-state index is 0.309. The van der Waals surface area contributed by atoms with Crippen molar-refractivity contribution in [2.75, 3.05) is 32.0 Å². The van der Waals surface area contributed by atoms with E-state index in [1.807, 2.05) is 53.1 Å². The number of nitrogens with zero attached hydrogens (tertiary/aromatic N) is 5. The summed E-state index contributed by atoms with van der Waals surface area (Å²) in [6.45, 7) is 0. The van der Waals surface area contributed by atoms with Crippen LogP contribution in [0.2, 0.25) is 0 Å². The monoisotopic (exact) mass is 525 g/mol. The second-order valence-electron chi connectivity index (χ2n) is 9.00. The molecule has 6 rings (SSSR count). The first kappa shape index (κ1) is 24.4. The van der Waals surface area contributed by atoms with Crippen molar-refractivity contribution < 1.29 is 19.3 Å². The minimum Gasteiger partial charge on any atom is -0.493 e. The van der Waals surface area contributed by atoms with Crippen LogP contribution in [-0.4, -0.2) is 57.0 Å². The smallest absolute Gasteiger partial charge is 0.241 e. The molecule has 39 heavy (non-hydrogen) atoms. The van der Waals surface area contributed by atoms with Crippen LogP contribution in [-0.2, 0) is 6.42 Å². The lowest BCUT2D eigenvalue weighted by Gasteiger charge is -2.19. The lowest BCUT2D eigenvalue weighted by Crippen LogP contribution is -2.23. The number of rotatable bonds is 8. The Labute approximate surface area is 224 Å². The van der Waals surface area contributed by atoms with Crippen LogP contribution in [0.15, 0.2) is 67.0 Å². The Kier molecular flexibility index (Phi) is 6.33. The molecular weight excluding hydrogens is 498 g/mol. The SMILES string of the molecule is COc1cc(Nc2ncnc(-n3c(NC4c5ccccc5CC4O)nc4ccccc43)n2)cc(OC)c1OC. The molecule has 0 amide bonds. The van der Waals surface area contributed by atoms with E-state index in [1.54, 1.807) is 33.5 Å². The van der Waals surface area contributed by atoms with Gasteiger partial charge in [-0.3, -0.25) is 0 Å². The molecule has 0 spiro atoms. The van der Waals surface area contributed by atoms with Crippen LogP contribution in [0.4, 0.5) is 17.6 Å². The van der Waals surface area contributed by atoms with Gasteiger partial charge in [0, 0.05) is 24.2 Å². The number of benzene rings is 3. The van der Waals surface area contributed by atoms with Crippen LogP contribution in [0, 0.1) is 0 Å². The molecule has 11 heteroatoms. The van der Waals surface area contributed by atoms with Crippen molar-refractivity contribution in [2.45, 2.75) is 18.6 Å². The first-order valence-electron chi connectivity index (χ1n) is 12.4. The number of nitrogens with one attached hydrogen (secondary N) is 2. The summed E-state index contributed by atoms with van der Waals surface area (Å²) in [4.78, 5) is 18.3. The molecule has 2 aromatic heterocycles. The Hall–Kier alpha value is -4.90. The maximum Gasteiger partial charge on any atom is 0.241 e. The van der Waals surface area contributed by atoms with Crippen LogP contribution in [0.3, 0.4) is 0 Å². The van der Waals surface area contributed by atoms with Crippen molar-refractivity contribution in [1.82, 2.24) is 24.5 Å². The summed E-state index contributed by atoms with van der Waals surface area (Å²) in [7, 11) is 4.66. The lowest BCUT2D eigenvalue weighted by atomic mass is 10.1. The fourth-order valence-corrected chi connectivity index (χ4v) is 4.95. The average Bonchev–Trinajstić information content (AvgIpc) is 3.49. The summed E-state index contributed by atoms with van der Waals surface area (Å²) in [6, 6.07) is 19.0. The van der Waals surface area contributed by atoms with Gasteiger partial charge in [-0.25, -0.2) is 19.5 Å². The first-order valence-corrected chi connectivity index (χ1v) is 12.4. The molecule has 0 radical (unpaired) electrons. The van der Waals surface area contributed by atoms with Gasteiger partial charge in [-0.1, -0.05) is 36.4 Å². The highest BCUT2D eigenvalue weighted by molar-refractivity contribution is 5.80. The van der Waals surface area contributed by atoms with Crippen molar-refractivity contribution in [3.63, 3.8) is 0 Å². The van der Waals surface area contributed by atoms with Crippen LogP contribution in [0.1, 0.15) is 17.2 Å². The highest BCUT2D eigenvalue weighted by Crippen LogP contribution is 2.40. The van der Waals surface area contributed by atoms with Crippen molar-refractivity contribution in [1.29, 1.82) is 0 Å².